The summed E-state index contributed by atoms with van der Waals surface area (Å²) in [6, 6.07) is 5.11. The molecule has 3 nitrogen and oxygen atoms in total. The first-order valence-corrected chi connectivity index (χ1v) is 8.17. The number of nitrogens with one attached hydrogen (secondary N) is 1. The van der Waals surface area contributed by atoms with E-state index in [9.17, 15) is 4.39 Å². The van der Waals surface area contributed by atoms with Crippen molar-refractivity contribution in [2.45, 2.75) is 32.9 Å². The topological polar surface area (TPSA) is 28.2 Å². The molecule has 2 rings (SSSR count). The van der Waals surface area contributed by atoms with E-state index in [1.165, 1.54) is 6.07 Å². The van der Waals surface area contributed by atoms with Crippen LogP contribution >= 0.6 is 11.3 Å². The molecule has 0 aliphatic heterocycles. The highest BCUT2D eigenvalue weighted by atomic mass is 32.1. The second-order valence-corrected chi connectivity index (χ2v) is 5.93. The van der Waals surface area contributed by atoms with E-state index in [1.807, 2.05) is 24.0 Å². The van der Waals surface area contributed by atoms with Gasteiger partial charge in [-0.25, -0.2) is 9.37 Å². The van der Waals surface area contributed by atoms with Crippen LogP contribution in [0.15, 0.2) is 29.1 Å². The highest BCUT2D eigenvalue weighted by molar-refractivity contribution is 7.07. The quantitative estimate of drug-likeness (QED) is 0.838. The number of thiazole rings is 1. The molecular weight excluding hydrogens is 285 g/mol. The fourth-order valence-electron chi connectivity index (χ4n) is 2.33. The van der Waals surface area contributed by atoms with Gasteiger partial charge in [0.25, 0.3) is 0 Å². The third-order valence-electron chi connectivity index (χ3n) is 3.45. The van der Waals surface area contributed by atoms with Crippen molar-refractivity contribution in [3.63, 3.8) is 0 Å². The Balaban J connectivity index is 2.21. The van der Waals surface area contributed by atoms with Gasteiger partial charge >= 0.3 is 0 Å². The van der Waals surface area contributed by atoms with E-state index < -0.39 is 0 Å². The van der Waals surface area contributed by atoms with Crippen molar-refractivity contribution >= 4 is 17.0 Å². The molecule has 0 saturated heterocycles. The summed E-state index contributed by atoms with van der Waals surface area (Å²) in [4.78, 5) is 6.43. The average molecular weight is 307 g/mol. The molecule has 0 spiro atoms. The highest BCUT2D eigenvalue weighted by Gasteiger charge is 2.15. The lowest BCUT2D eigenvalue weighted by atomic mass is 10.0. The van der Waals surface area contributed by atoms with Gasteiger partial charge in [-0.3, -0.25) is 0 Å². The molecule has 0 aliphatic rings. The number of nitrogens with zero attached hydrogens (tertiary/aromatic N) is 2. The molecule has 1 heterocycles. The molecule has 1 aromatic carbocycles. The SMILES string of the molecule is CCCNC(C)c1cc(F)ccc1N(C)Cc1cscn1. The third-order valence-corrected chi connectivity index (χ3v) is 4.09. The Kier molecular flexibility index (Phi) is 5.70. The van der Waals surface area contributed by atoms with Crippen LogP contribution in [0, 0.1) is 5.82 Å². The van der Waals surface area contributed by atoms with Crippen LogP contribution in [0.1, 0.15) is 37.6 Å². The molecule has 1 unspecified atom stereocenters. The van der Waals surface area contributed by atoms with Gasteiger partial charge in [-0.15, -0.1) is 11.3 Å². The summed E-state index contributed by atoms with van der Waals surface area (Å²) in [5.41, 5.74) is 4.90. The third kappa shape index (κ3) is 4.25. The Bertz CT molecular complexity index is 557. The molecule has 0 saturated carbocycles. The molecule has 5 heteroatoms. The largest absolute Gasteiger partial charge is 0.368 e. The fourth-order valence-corrected chi connectivity index (χ4v) is 2.88. The maximum Gasteiger partial charge on any atom is 0.123 e. The van der Waals surface area contributed by atoms with E-state index in [4.69, 9.17) is 0 Å². The zero-order chi connectivity index (χ0) is 15.2. The first kappa shape index (κ1) is 15.9. The van der Waals surface area contributed by atoms with E-state index >= 15 is 0 Å². The second-order valence-electron chi connectivity index (χ2n) is 5.21. The molecule has 0 bridgehead atoms. The number of rotatable bonds is 7. The van der Waals surface area contributed by atoms with Crippen molar-refractivity contribution in [3.8, 4) is 0 Å². The van der Waals surface area contributed by atoms with Gasteiger partial charge in [0, 0.05) is 24.2 Å². The minimum Gasteiger partial charge on any atom is -0.368 e. The zero-order valence-corrected chi connectivity index (χ0v) is 13.6. The van der Waals surface area contributed by atoms with Gasteiger partial charge in [0.1, 0.15) is 5.82 Å². The lowest BCUT2D eigenvalue weighted by molar-refractivity contribution is 0.561. The summed E-state index contributed by atoms with van der Waals surface area (Å²) in [7, 11) is 2.02. The average Bonchev–Trinajstić information content (AvgIpc) is 2.97. The second kappa shape index (κ2) is 7.52. The number of aromatic nitrogens is 1. The molecule has 0 amide bonds. The maximum absolute atomic E-state index is 13.6. The summed E-state index contributed by atoms with van der Waals surface area (Å²) in [6.45, 7) is 5.85. The summed E-state index contributed by atoms with van der Waals surface area (Å²) in [5, 5.41) is 5.46. The normalized spacial score (nSPS) is 12.4. The van der Waals surface area contributed by atoms with E-state index in [2.05, 4.69) is 29.0 Å². The molecule has 0 fully saturated rings. The summed E-state index contributed by atoms with van der Waals surface area (Å²) >= 11 is 1.59. The Labute approximate surface area is 129 Å². The number of halogens is 1. The van der Waals surface area contributed by atoms with Gasteiger partial charge in [0.15, 0.2) is 0 Å². The maximum atomic E-state index is 13.6. The van der Waals surface area contributed by atoms with Crippen LogP contribution < -0.4 is 10.2 Å². The highest BCUT2D eigenvalue weighted by Crippen LogP contribution is 2.27. The number of anilines is 1. The molecule has 1 atom stereocenters. The lowest BCUT2D eigenvalue weighted by Gasteiger charge is -2.25. The summed E-state index contributed by atoms with van der Waals surface area (Å²) in [5.74, 6) is -0.194. The van der Waals surface area contributed by atoms with E-state index in [-0.39, 0.29) is 11.9 Å². The van der Waals surface area contributed by atoms with E-state index in [1.54, 1.807) is 17.4 Å². The standard InChI is InChI=1S/C16H22FN3S/c1-4-7-18-12(2)15-8-13(17)5-6-16(15)20(3)9-14-10-21-11-19-14/h5-6,8,10-12,18H,4,7,9H2,1-3H3. The first-order chi connectivity index (χ1) is 10.1. The zero-order valence-electron chi connectivity index (χ0n) is 12.8. The van der Waals surface area contributed by atoms with Gasteiger partial charge in [0.2, 0.25) is 0 Å². The number of benzene rings is 1. The fraction of sp³-hybridized carbons (Fsp3) is 0.438. The van der Waals surface area contributed by atoms with Crippen LogP contribution in [0.4, 0.5) is 10.1 Å². The van der Waals surface area contributed by atoms with Crippen LogP contribution in [0.2, 0.25) is 0 Å². The van der Waals surface area contributed by atoms with Gasteiger partial charge in [-0.1, -0.05) is 6.92 Å². The Hall–Kier alpha value is -1.46. The Morgan fingerprint density at radius 1 is 1.43 bits per heavy atom. The number of hydrogen-bond donors (Lipinski definition) is 1. The van der Waals surface area contributed by atoms with Gasteiger partial charge in [-0.05, 0) is 43.7 Å². The van der Waals surface area contributed by atoms with Crippen LogP contribution in [-0.4, -0.2) is 18.6 Å². The van der Waals surface area contributed by atoms with E-state index in [0.717, 1.165) is 36.5 Å². The Morgan fingerprint density at radius 2 is 2.24 bits per heavy atom. The first-order valence-electron chi connectivity index (χ1n) is 7.22. The van der Waals surface area contributed by atoms with Crippen LogP contribution in [-0.2, 0) is 6.54 Å². The molecule has 1 aromatic heterocycles. The van der Waals surface area contributed by atoms with Gasteiger partial charge < -0.3 is 10.2 Å². The Morgan fingerprint density at radius 3 is 2.90 bits per heavy atom. The number of hydrogen-bond acceptors (Lipinski definition) is 4. The van der Waals surface area contributed by atoms with Crippen molar-refractivity contribution in [1.29, 1.82) is 0 Å². The predicted octanol–water partition coefficient (Wildman–Crippen LogP) is 3.98. The monoisotopic (exact) mass is 307 g/mol. The minimum atomic E-state index is -0.194. The molecule has 1 N–H and O–H groups in total. The minimum absolute atomic E-state index is 0.119. The van der Waals surface area contributed by atoms with Crippen molar-refractivity contribution in [3.05, 3.63) is 46.2 Å². The summed E-state index contributed by atoms with van der Waals surface area (Å²) in [6.07, 6.45) is 1.06. The van der Waals surface area contributed by atoms with Crippen LogP contribution in [0.5, 0.6) is 0 Å². The van der Waals surface area contributed by atoms with Gasteiger partial charge in [0.05, 0.1) is 17.7 Å². The van der Waals surface area contributed by atoms with Crippen LogP contribution in [0.3, 0.4) is 0 Å². The smallest absolute Gasteiger partial charge is 0.123 e. The molecule has 2 aromatic rings. The van der Waals surface area contributed by atoms with E-state index in [0.29, 0.717) is 0 Å². The van der Waals surface area contributed by atoms with Crippen LogP contribution in [0.25, 0.3) is 0 Å². The lowest BCUT2D eigenvalue weighted by Crippen LogP contribution is -2.24. The van der Waals surface area contributed by atoms with Gasteiger partial charge in [-0.2, -0.15) is 0 Å². The predicted molar refractivity (Wildman–Crippen MR) is 87.3 cm³/mol. The molecule has 0 radical (unpaired) electrons. The van der Waals surface area contributed by atoms with Crippen molar-refractivity contribution < 1.29 is 4.39 Å². The molecule has 0 aliphatic carbocycles. The molecular formula is C16H22FN3S. The van der Waals surface area contributed by atoms with Crippen molar-refractivity contribution in [1.82, 2.24) is 10.3 Å². The molecule has 114 valence electrons. The van der Waals surface area contributed by atoms with Crippen molar-refractivity contribution in [2.24, 2.45) is 0 Å². The summed E-state index contributed by atoms with van der Waals surface area (Å²) < 4.78 is 13.6. The van der Waals surface area contributed by atoms with Crippen molar-refractivity contribution in [2.75, 3.05) is 18.5 Å². The molecule has 21 heavy (non-hydrogen) atoms.